The van der Waals surface area contributed by atoms with Crippen molar-refractivity contribution < 1.29 is 14.3 Å². The SMILES string of the molecule is COC(=O)c1ccc(C=NNC(=O)CSc2nc3ccccc3n2Cc2ccc(Cl)cc2)cc1. The second-order valence-electron chi connectivity index (χ2n) is 7.29. The summed E-state index contributed by atoms with van der Waals surface area (Å²) in [5, 5.41) is 5.43. The molecule has 0 aliphatic carbocycles. The first-order valence-corrected chi connectivity index (χ1v) is 11.7. The zero-order valence-corrected chi connectivity index (χ0v) is 19.8. The number of carbonyl (C=O) groups excluding carboxylic acids is 2. The van der Waals surface area contributed by atoms with Gasteiger partial charge in [-0.3, -0.25) is 4.79 Å². The number of benzene rings is 3. The quantitative estimate of drug-likeness (QED) is 0.166. The number of fused-ring (bicyclic) bond motifs is 1. The van der Waals surface area contributed by atoms with Crippen molar-refractivity contribution in [3.63, 3.8) is 0 Å². The van der Waals surface area contributed by atoms with Crippen molar-refractivity contribution >= 4 is 52.5 Å². The van der Waals surface area contributed by atoms with Gasteiger partial charge in [0.05, 0.1) is 42.2 Å². The summed E-state index contributed by atoms with van der Waals surface area (Å²) >= 11 is 7.36. The van der Waals surface area contributed by atoms with Gasteiger partial charge in [-0.2, -0.15) is 5.10 Å². The number of nitrogens with zero attached hydrogens (tertiary/aromatic N) is 3. The van der Waals surface area contributed by atoms with Crippen LogP contribution in [0.5, 0.6) is 0 Å². The molecule has 4 rings (SSSR count). The minimum absolute atomic E-state index is 0.155. The van der Waals surface area contributed by atoms with Gasteiger partial charge >= 0.3 is 5.97 Å². The predicted molar refractivity (Wildman–Crippen MR) is 135 cm³/mol. The molecule has 34 heavy (non-hydrogen) atoms. The van der Waals surface area contributed by atoms with Crippen LogP contribution in [-0.2, 0) is 16.1 Å². The number of rotatable bonds is 8. The Kier molecular flexibility index (Phi) is 7.61. The topological polar surface area (TPSA) is 85.6 Å². The molecule has 1 aromatic heterocycles. The molecule has 0 saturated carbocycles. The number of esters is 1. The Balaban J connectivity index is 1.39. The number of thioether (sulfide) groups is 1. The van der Waals surface area contributed by atoms with Gasteiger partial charge in [0.25, 0.3) is 5.91 Å². The molecule has 0 aliphatic heterocycles. The van der Waals surface area contributed by atoms with Crippen molar-refractivity contribution in [2.24, 2.45) is 5.10 Å². The van der Waals surface area contributed by atoms with E-state index in [9.17, 15) is 9.59 Å². The number of aromatic nitrogens is 2. The van der Waals surface area contributed by atoms with E-state index < -0.39 is 5.97 Å². The predicted octanol–water partition coefficient (Wildman–Crippen LogP) is 4.77. The van der Waals surface area contributed by atoms with Crippen LogP contribution < -0.4 is 5.43 Å². The molecule has 9 heteroatoms. The molecule has 1 heterocycles. The fraction of sp³-hybridized carbons (Fsp3) is 0.120. The molecule has 4 aromatic rings. The van der Waals surface area contributed by atoms with E-state index in [-0.39, 0.29) is 11.7 Å². The number of methoxy groups -OCH3 is 1. The Hall–Kier alpha value is -3.62. The maximum absolute atomic E-state index is 12.4. The first kappa shape index (κ1) is 23.5. The molecular formula is C25H21ClN4O3S. The van der Waals surface area contributed by atoms with E-state index in [2.05, 4.69) is 19.8 Å². The maximum atomic E-state index is 12.4. The average Bonchev–Trinajstić information content (AvgIpc) is 3.21. The monoisotopic (exact) mass is 492 g/mol. The zero-order valence-electron chi connectivity index (χ0n) is 18.3. The second kappa shape index (κ2) is 11.0. The van der Waals surface area contributed by atoms with Gasteiger partial charge in [0, 0.05) is 5.02 Å². The highest BCUT2D eigenvalue weighted by Crippen LogP contribution is 2.25. The van der Waals surface area contributed by atoms with Gasteiger partial charge in [-0.1, -0.05) is 59.8 Å². The summed E-state index contributed by atoms with van der Waals surface area (Å²) in [7, 11) is 1.33. The second-order valence-corrected chi connectivity index (χ2v) is 8.67. The van der Waals surface area contributed by atoms with Crippen molar-refractivity contribution in [3.8, 4) is 0 Å². The molecule has 1 N–H and O–H groups in total. The van der Waals surface area contributed by atoms with Crippen molar-refractivity contribution in [3.05, 3.63) is 94.5 Å². The molecule has 0 spiro atoms. The van der Waals surface area contributed by atoms with E-state index in [1.807, 2.05) is 48.5 Å². The number of hydrogen-bond donors (Lipinski definition) is 1. The molecule has 3 aromatic carbocycles. The lowest BCUT2D eigenvalue weighted by molar-refractivity contribution is -0.118. The number of amides is 1. The highest BCUT2D eigenvalue weighted by Gasteiger charge is 2.13. The van der Waals surface area contributed by atoms with Gasteiger partial charge < -0.3 is 9.30 Å². The number of halogens is 1. The van der Waals surface area contributed by atoms with Gasteiger partial charge in [0.15, 0.2) is 5.16 Å². The number of ether oxygens (including phenoxy) is 1. The van der Waals surface area contributed by atoms with Gasteiger partial charge in [-0.25, -0.2) is 15.2 Å². The first-order chi connectivity index (χ1) is 16.5. The van der Waals surface area contributed by atoms with Crippen LogP contribution in [0.4, 0.5) is 0 Å². The van der Waals surface area contributed by atoms with E-state index in [4.69, 9.17) is 16.6 Å². The Morgan fingerprint density at radius 2 is 1.82 bits per heavy atom. The van der Waals surface area contributed by atoms with Crippen LogP contribution >= 0.6 is 23.4 Å². The summed E-state index contributed by atoms with van der Waals surface area (Å²) in [6.45, 7) is 0.612. The van der Waals surface area contributed by atoms with E-state index in [0.29, 0.717) is 17.1 Å². The number of nitrogens with one attached hydrogen (secondary N) is 1. The summed E-state index contributed by atoms with van der Waals surface area (Å²) in [6.07, 6.45) is 1.51. The molecular weight excluding hydrogens is 472 g/mol. The fourth-order valence-corrected chi connectivity index (χ4v) is 4.19. The van der Waals surface area contributed by atoms with Crippen molar-refractivity contribution in [1.82, 2.24) is 15.0 Å². The Labute approximate surface area is 205 Å². The van der Waals surface area contributed by atoms with Crippen LogP contribution in [0.25, 0.3) is 11.0 Å². The van der Waals surface area contributed by atoms with Gasteiger partial charge in [0.1, 0.15) is 0 Å². The minimum Gasteiger partial charge on any atom is -0.465 e. The number of hydrogen-bond acceptors (Lipinski definition) is 6. The standard InChI is InChI=1S/C25H21ClN4O3S/c1-33-24(32)19-10-6-17(7-11-19)14-27-29-23(31)16-34-25-28-21-4-2-3-5-22(21)30(25)15-18-8-12-20(26)13-9-18/h2-14H,15-16H2,1H3,(H,29,31). The smallest absolute Gasteiger partial charge is 0.337 e. The van der Waals surface area contributed by atoms with Crippen LogP contribution in [-0.4, -0.2) is 40.5 Å². The lowest BCUT2D eigenvalue weighted by Gasteiger charge is -2.09. The molecule has 0 aliphatic rings. The van der Waals surface area contributed by atoms with Crippen molar-refractivity contribution in [1.29, 1.82) is 0 Å². The third-order valence-electron chi connectivity index (χ3n) is 4.94. The Morgan fingerprint density at radius 3 is 2.56 bits per heavy atom. The highest BCUT2D eigenvalue weighted by molar-refractivity contribution is 7.99. The molecule has 0 atom stereocenters. The fourth-order valence-electron chi connectivity index (χ4n) is 3.25. The normalized spacial score (nSPS) is 11.1. The van der Waals surface area contributed by atoms with Gasteiger partial charge in [0.2, 0.25) is 0 Å². The number of para-hydroxylation sites is 2. The van der Waals surface area contributed by atoms with Gasteiger partial charge in [-0.05, 0) is 47.5 Å². The molecule has 1 amide bonds. The summed E-state index contributed by atoms with van der Waals surface area (Å²) in [4.78, 5) is 28.5. The van der Waals surface area contributed by atoms with Crippen LogP contribution in [0.2, 0.25) is 5.02 Å². The van der Waals surface area contributed by atoms with E-state index in [0.717, 1.165) is 27.3 Å². The molecule has 172 valence electrons. The summed E-state index contributed by atoms with van der Waals surface area (Å²) < 4.78 is 6.76. The van der Waals surface area contributed by atoms with Crippen LogP contribution in [0.1, 0.15) is 21.5 Å². The van der Waals surface area contributed by atoms with Crippen molar-refractivity contribution in [2.75, 3.05) is 12.9 Å². The molecule has 0 unspecified atom stereocenters. The summed E-state index contributed by atoms with van der Waals surface area (Å²) in [6, 6.07) is 22.2. The number of imidazole rings is 1. The Morgan fingerprint density at radius 1 is 1.09 bits per heavy atom. The van der Waals surface area contributed by atoms with E-state index >= 15 is 0 Å². The lowest BCUT2D eigenvalue weighted by Crippen LogP contribution is -2.20. The Bertz CT molecular complexity index is 1330. The zero-order chi connectivity index (χ0) is 23.9. The minimum atomic E-state index is -0.407. The van der Waals surface area contributed by atoms with E-state index in [1.165, 1.54) is 25.1 Å². The first-order valence-electron chi connectivity index (χ1n) is 10.4. The van der Waals surface area contributed by atoms with Gasteiger partial charge in [-0.15, -0.1) is 0 Å². The molecule has 7 nitrogen and oxygen atoms in total. The average molecular weight is 493 g/mol. The van der Waals surface area contributed by atoms with Crippen LogP contribution in [0, 0.1) is 0 Å². The van der Waals surface area contributed by atoms with Crippen LogP contribution in [0.15, 0.2) is 83.1 Å². The van der Waals surface area contributed by atoms with Crippen LogP contribution in [0.3, 0.4) is 0 Å². The highest BCUT2D eigenvalue weighted by atomic mass is 35.5. The number of hydrazone groups is 1. The maximum Gasteiger partial charge on any atom is 0.337 e. The largest absolute Gasteiger partial charge is 0.465 e. The van der Waals surface area contributed by atoms with Crippen molar-refractivity contribution in [2.45, 2.75) is 11.7 Å². The summed E-state index contributed by atoms with van der Waals surface area (Å²) in [5.41, 5.74) is 6.66. The lowest BCUT2D eigenvalue weighted by atomic mass is 10.1. The third kappa shape index (κ3) is 5.84. The molecule has 0 bridgehead atoms. The molecule has 0 fully saturated rings. The molecule has 0 saturated heterocycles. The summed E-state index contributed by atoms with van der Waals surface area (Å²) in [5.74, 6) is -0.504. The third-order valence-corrected chi connectivity index (χ3v) is 6.17. The molecule has 0 radical (unpaired) electrons. The van der Waals surface area contributed by atoms with E-state index in [1.54, 1.807) is 24.3 Å². The number of carbonyl (C=O) groups is 2.